The normalized spacial score (nSPS) is 10.2. The Balaban J connectivity index is 2.27. The van der Waals surface area contributed by atoms with Crippen molar-refractivity contribution in [3.05, 3.63) is 41.2 Å². The van der Waals surface area contributed by atoms with Gasteiger partial charge in [-0.25, -0.2) is 14.3 Å². The summed E-state index contributed by atoms with van der Waals surface area (Å²) in [5.41, 5.74) is -0.156. The van der Waals surface area contributed by atoms with Crippen LogP contribution in [0.2, 0.25) is 0 Å². The van der Waals surface area contributed by atoms with Crippen LogP contribution in [0, 0.1) is 0 Å². The minimum Gasteiger partial charge on any atom is -0.494 e. The van der Waals surface area contributed by atoms with Gasteiger partial charge >= 0.3 is 11.9 Å². The van der Waals surface area contributed by atoms with Crippen molar-refractivity contribution in [3.8, 4) is 5.75 Å². The van der Waals surface area contributed by atoms with Gasteiger partial charge in [0.1, 0.15) is 12.3 Å². The lowest BCUT2D eigenvalue weighted by Gasteiger charge is -2.07. The molecule has 0 saturated carbocycles. The minimum atomic E-state index is -0.847. The number of hydrogen-bond acceptors (Lipinski definition) is 8. The van der Waals surface area contributed by atoms with Gasteiger partial charge in [-0.15, -0.1) is 5.10 Å². The molecule has 0 radical (unpaired) electrons. The van der Waals surface area contributed by atoms with Crippen LogP contribution in [0.5, 0.6) is 5.75 Å². The van der Waals surface area contributed by atoms with Crippen molar-refractivity contribution in [1.82, 2.24) is 15.0 Å². The fourth-order valence-electron chi connectivity index (χ4n) is 2.09. The zero-order valence-electron chi connectivity index (χ0n) is 14.0. The van der Waals surface area contributed by atoms with E-state index in [2.05, 4.69) is 19.8 Å². The van der Waals surface area contributed by atoms with Crippen molar-refractivity contribution in [1.29, 1.82) is 0 Å². The molecule has 0 aliphatic rings. The van der Waals surface area contributed by atoms with Crippen molar-refractivity contribution in [2.75, 3.05) is 20.8 Å². The van der Waals surface area contributed by atoms with Gasteiger partial charge in [-0.1, -0.05) is 5.21 Å². The van der Waals surface area contributed by atoms with E-state index in [9.17, 15) is 14.4 Å². The molecule has 2 rings (SSSR count). The number of hydrogen-bond donors (Lipinski definition) is 0. The van der Waals surface area contributed by atoms with Crippen molar-refractivity contribution in [3.63, 3.8) is 0 Å². The molecule has 0 aliphatic heterocycles. The van der Waals surface area contributed by atoms with Crippen molar-refractivity contribution in [2.45, 2.75) is 13.5 Å². The highest BCUT2D eigenvalue weighted by Gasteiger charge is 2.27. The SMILES string of the molecule is CCOc1ccc(C(=O)Cn2nnc(C(=O)OC)c2C(=O)OC)cc1. The molecule has 0 atom stereocenters. The predicted octanol–water partition coefficient (Wildman–Crippen LogP) is 1.13. The van der Waals surface area contributed by atoms with Crippen LogP contribution < -0.4 is 4.74 Å². The number of esters is 2. The summed E-state index contributed by atoms with van der Waals surface area (Å²) in [5, 5.41) is 7.29. The quantitative estimate of drug-likeness (QED) is 0.541. The van der Waals surface area contributed by atoms with Crippen LogP contribution in [0.4, 0.5) is 0 Å². The van der Waals surface area contributed by atoms with E-state index in [1.54, 1.807) is 24.3 Å². The molecule has 2 aromatic rings. The van der Waals surface area contributed by atoms with E-state index in [0.29, 0.717) is 17.9 Å². The van der Waals surface area contributed by atoms with E-state index in [4.69, 9.17) is 4.74 Å². The summed E-state index contributed by atoms with van der Waals surface area (Å²) in [5.74, 6) is -1.37. The summed E-state index contributed by atoms with van der Waals surface area (Å²) in [6.45, 7) is 2.09. The average Bonchev–Trinajstić information content (AvgIpc) is 3.04. The van der Waals surface area contributed by atoms with E-state index in [-0.39, 0.29) is 23.7 Å². The van der Waals surface area contributed by atoms with E-state index in [1.807, 2.05) is 6.92 Å². The zero-order valence-corrected chi connectivity index (χ0v) is 14.0. The number of ether oxygens (including phenoxy) is 3. The van der Waals surface area contributed by atoms with Crippen LogP contribution in [0.25, 0.3) is 0 Å². The molecule has 0 fully saturated rings. The second kappa shape index (κ2) is 8.04. The van der Waals surface area contributed by atoms with Gasteiger partial charge < -0.3 is 14.2 Å². The molecule has 9 nitrogen and oxygen atoms in total. The fraction of sp³-hybridized carbons (Fsp3) is 0.312. The number of methoxy groups -OCH3 is 2. The highest BCUT2D eigenvalue weighted by Crippen LogP contribution is 2.14. The summed E-state index contributed by atoms with van der Waals surface area (Å²) in [6, 6.07) is 6.53. The topological polar surface area (TPSA) is 110 Å². The largest absolute Gasteiger partial charge is 0.494 e. The van der Waals surface area contributed by atoms with Crippen LogP contribution in [0.1, 0.15) is 38.3 Å². The first kappa shape index (κ1) is 18.1. The maximum atomic E-state index is 12.4. The van der Waals surface area contributed by atoms with E-state index in [1.165, 1.54) is 0 Å². The third-order valence-electron chi connectivity index (χ3n) is 3.27. The molecule has 132 valence electrons. The van der Waals surface area contributed by atoms with Crippen LogP contribution in [-0.2, 0) is 16.0 Å². The Labute approximate surface area is 143 Å². The van der Waals surface area contributed by atoms with Gasteiger partial charge in [0.2, 0.25) is 5.69 Å². The Morgan fingerprint density at radius 2 is 1.68 bits per heavy atom. The maximum Gasteiger partial charge on any atom is 0.361 e. The van der Waals surface area contributed by atoms with Crippen LogP contribution >= 0.6 is 0 Å². The van der Waals surface area contributed by atoms with Crippen molar-refractivity contribution >= 4 is 17.7 Å². The molecule has 0 bridgehead atoms. The summed E-state index contributed by atoms with van der Waals surface area (Å²) >= 11 is 0. The smallest absolute Gasteiger partial charge is 0.361 e. The molecule has 25 heavy (non-hydrogen) atoms. The fourth-order valence-corrected chi connectivity index (χ4v) is 2.09. The summed E-state index contributed by atoms with van der Waals surface area (Å²) < 4.78 is 15.5. The number of benzene rings is 1. The summed E-state index contributed by atoms with van der Waals surface area (Å²) in [6.07, 6.45) is 0. The van der Waals surface area contributed by atoms with Gasteiger partial charge in [-0.05, 0) is 31.2 Å². The predicted molar refractivity (Wildman–Crippen MR) is 84.6 cm³/mol. The first-order chi connectivity index (χ1) is 12.0. The van der Waals surface area contributed by atoms with Crippen LogP contribution in [-0.4, -0.2) is 53.5 Å². The molecule has 9 heteroatoms. The molecule has 0 spiro atoms. The maximum absolute atomic E-state index is 12.4. The summed E-state index contributed by atoms with van der Waals surface area (Å²) in [7, 11) is 2.29. The Kier molecular flexibility index (Phi) is 5.83. The molecule has 0 saturated heterocycles. The van der Waals surface area contributed by atoms with Gasteiger partial charge in [-0.2, -0.15) is 0 Å². The second-order valence-electron chi connectivity index (χ2n) is 4.81. The first-order valence-electron chi connectivity index (χ1n) is 7.38. The van der Waals surface area contributed by atoms with E-state index >= 15 is 0 Å². The molecule has 0 unspecified atom stereocenters. The lowest BCUT2D eigenvalue weighted by atomic mass is 10.1. The highest BCUT2D eigenvalue weighted by atomic mass is 16.5. The molecule has 1 aromatic carbocycles. The first-order valence-corrected chi connectivity index (χ1v) is 7.38. The van der Waals surface area contributed by atoms with E-state index < -0.39 is 11.9 Å². The molecule has 0 N–H and O–H groups in total. The molecular weight excluding hydrogens is 330 g/mol. The number of nitrogens with zero attached hydrogens (tertiary/aromatic N) is 3. The monoisotopic (exact) mass is 347 g/mol. The Morgan fingerprint density at radius 3 is 2.24 bits per heavy atom. The van der Waals surface area contributed by atoms with E-state index in [0.717, 1.165) is 18.9 Å². The number of aromatic nitrogens is 3. The lowest BCUT2D eigenvalue weighted by Crippen LogP contribution is -2.20. The Hall–Kier alpha value is -3.23. The molecule has 1 heterocycles. The molecule has 0 aliphatic carbocycles. The third kappa shape index (κ3) is 4.00. The average molecular weight is 347 g/mol. The number of carbonyl (C=O) groups excluding carboxylic acids is 3. The van der Waals surface area contributed by atoms with Crippen molar-refractivity contribution < 1.29 is 28.6 Å². The second-order valence-corrected chi connectivity index (χ2v) is 4.81. The standard InChI is InChI=1S/C16H17N3O6/c1-4-25-11-7-5-10(6-8-11)12(20)9-19-14(16(22)24-3)13(17-18-19)15(21)23-2/h5-8H,4,9H2,1-3H3. The molecule has 1 aromatic heterocycles. The van der Waals surface area contributed by atoms with Crippen molar-refractivity contribution in [2.24, 2.45) is 0 Å². The highest BCUT2D eigenvalue weighted by molar-refractivity contribution is 6.01. The Morgan fingerprint density at radius 1 is 1.04 bits per heavy atom. The van der Waals surface area contributed by atoms with Crippen LogP contribution in [0.15, 0.2) is 24.3 Å². The van der Waals surface area contributed by atoms with Gasteiger partial charge in [0.25, 0.3) is 0 Å². The molecule has 0 amide bonds. The summed E-state index contributed by atoms with van der Waals surface area (Å²) in [4.78, 5) is 36.0. The number of rotatable bonds is 7. The van der Waals surface area contributed by atoms with Gasteiger partial charge in [-0.3, -0.25) is 4.79 Å². The minimum absolute atomic E-state index is 0.242. The number of ketones is 1. The van der Waals surface area contributed by atoms with Gasteiger partial charge in [0, 0.05) is 5.56 Å². The number of carbonyl (C=O) groups is 3. The third-order valence-corrected chi connectivity index (χ3v) is 3.27. The van der Waals surface area contributed by atoms with Crippen LogP contribution in [0.3, 0.4) is 0 Å². The number of Topliss-reactive ketones (excluding diaryl/α,β-unsaturated/α-hetero) is 1. The van der Waals surface area contributed by atoms with Gasteiger partial charge in [0.15, 0.2) is 11.5 Å². The lowest BCUT2D eigenvalue weighted by molar-refractivity contribution is 0.0543. The molecular formula is C16H17N3O6. The Bertz CT molecular complexity index is 782. The zero-order chi connectivity index (χ0) is 18.4. The van der Waals surface area contributed by atoms with Gasteiger partial charge in [0.05, 0.1) is 20.8 Å².